The molecule has 5 rings (SSSR count). The lowest BCUT2D eigenvalue weighted by Gasteiger charge is -2.43. The minimum absolute atomic E-state index is 0.0418. The van der Waals surface area contributed by atoms with E-state index in [-0.39, 0.29) is 5.91 Å². The molecule has 2 saturated carbocycles. The van der Waals surface area contributed by atoms with E-state index in [1.165, 1.54) is 36.1 Å². The second-order valence-corrected chi connectivity index (χ2v) is 8.13. The van der Waals surface area contributed by atoms with Gasteiger partial charge >= 0.3 is 0 Å². The van der Waals surface area contributed by atoms with Gasteiger partial charge in [-0.3, -0.25) is 4.79 Å². The molecule has 2 aromatic carbocycles. The predicted octanol–water partition coefficient (Wildman–Crippen LogP) is 4.73. The lowest BCUT2D eigenvalue weighted by atomic mass is 9.68. The van der Waals surface area contributed by atoms with Gasteiger partial charge in [-0.25, -0.2) is 0 Å². The molecule has 2 fully saturated rings. The summed E-state index contributed by atoms with van der Waals surface area (Å²) in [6.45, 7) is 2.63. The van der Waals surface area contributed by atoms with Gasteiger partial charge in [0.1, 0.15) is 0 Å². The normalized spacial score (nSPS) is 31.0. The van der Waals surface area contributed by atoms with Gasteiger partial charge < -0.3 is 10.6 Å². The highest BCUT2D eigenvalue weighted by molar-refractivity contribution is 5.95. The Labute approximate surface area is 155 Å². The van der Waals surface area contributed by atoms with Gasteiger partial charge in [-0.2, -0.15) is 0 Å². The van der Waals surface area contributed by atoms with Crippen molar-refractivity contribution in [2.45, 2.75) is 38.1 Å². The molecule has 0 radical (unpaired) electrons. The second-order valence-electron chi connectivity index (χ2n) is 8.13. The van der Waals surface area contributed by atoms with E-state index >= 15 is 0 Å². The van der Waals surface area contributed by atoms with E-state index in [0.29, 0.717) is 24.4 Å². The molecule has 1 aliphatic heterocycles. The number of nitrogens with one attached hydrogen (secondary N) is 2. The third-order valence-electron chi connectivity index (χ3n) is 6.85. The number of anilines is 1. The average molecular weight is 346 g/mol. The van der Waals surface area contributed by atoms with Gasteiger partial charge in [0.25, 0.3) is 5.91 Å². The summed E-state index contributed by atoms with van der Waals surface area (Å²) in [4.78, 5) is 12.3. The van der Waals surface area contributed by atoms with Gasteiger partial charge in [0.2, 0.25) is 0 Å². The monoisotopic (exact) mass is 346 g/mol. The molecule has 1 amide bonds. The van der Waals surface area contributed by atoms with Gasteiger partial charge in [0.05, 0.1) is 6.04 Å². The molecule has 2 aromatic rings. The highest BCUT2D eigenvalue weighted by atomic mass is 16.1. The van der Waals surface area contributed by atoms with E-state index < -0.39 is 0 Å². The van der Waals surface area contributed by atoms with Crippen LogP contribution in [0.3, 0.4) is 0 Å². The Hall–Kier alpha value is -2.29. The van der Waals surface area contributed by atoms with Crippen molar-refractivity contribution in [2.75, 3.05) is 11.9 Å². The molecule has 3 aliphatic rings. The Bertz CT molecular complexity index is 831. The molecule has 26 heavy (non-hydrogen) atoms. The summed E-state index contributed by atoms with van der Waals surface area (Å²) in [7, 11) is 0. The average Bonchev–Trinajstić information content (AvgIpc) is 3.30. The Kier molecular flexibility index (Phi) is 3.77. The van der Waals surface area contributed by atoms with Crippen molar-refractivity contribution in [3.63, 3.8) is 0 Å². The summed E-state index contributed by atoms with van der Waals surface area (Å²) in [6.07, 6.45) is 4.06. The molecule has 134 valence electrons. The smallest absolute Gasteiger partial charge is 0.251 e. The van der Waals surface area contributed by atoms with Crippen LogP contribution in [0.4, 0.5) is 5.69 Å². The Morgan fingerprint density at radius 3 is 2.73 bits per heavy atom. The summed E-state index contributed by atoms with van der Waals surface area (Å²) >= 11 is 0. The van der Waals surface area contributed by atoms with Crippen LogP contribution in [0.25, 0.3) is 0 Å². The molecular weight excluding hydrogens is 320 g/mol. The number of carbonyl (C=O) groups is 1. The van der Waals surface area contributed by atoms with Crippen molar-refractivity contribution < 1.29 is 4.79 Å². The SMILES string of the molecule is CCNC(=O)c1ccc2c(c1)[C@@H]1[C@H]3CC[C@@H](C3)[C@@H]1[C@H](c1ccccc1)N2. The molecule has 3 nitrogen and oxygen atoms in total. The van der Waals surface area contributed by atoms with Crippen molar-refractivity contribution in [2.24, 2.45) is 17.8 Å². The number of hydrogen-bond donors (Lipinski definition) is 2. The topological polar surface area (TPSA) is 41.1 Å². The van der Waals surface area contributed by atoms with Crippen molar-refractivity contribution in [3.8, 4) is 0 Å². The maximum atomic E-state index is 12.3. The van der Waals surface area contributed by atoms with Crippen LogP contribution in [0, 0.1) is 17.8 Å². The lowest BCUT2D eigenvalue weighted by molar-refractivity contribution is 0.0955. The molecule has 0 unspecified atom stereocenters. The highest BCUT2D eigenvalue weighted by Gasteiger charge is 2.53. The van der Waals surface area contributed by atoms with Crippen LogP contribution >= 0.6 is 0 Å². The molecular formula is C23H26N2O. The van der Waals surface area contributed by atoms with Gasteiger partial charge in [-0.15, -0.1) is 0 Å². The van der Waals surface area contributed by atoms with Gasteiger partial charge in [-0.1, -0.05) is 30.3 Å². The third kappa shape index (κ3) is 2.37. The van der Waals surface area contributed by atoms with E-state index in [1.807, 2.05) is 13.0 Å². The Morgan fingerprint density at radius 1 is 1.12 bits per heavy atom. The molecule has 0 spiro atoms. The largest absolute Gasteiger partial charge is 0.378 e. The summed E-state index contributed by atoms with van der Waals surface area (Å²) < 4.78 is 0. The number of hydrogen-bond acceptors (Lipinski definition) is 2. The van der Waals surface area contributed by atoms with E-state index in [9.17, 15) is 4.79 Å². The van der Waals surface area contributed by atoms with Crippen LogP contribution < -0.4 is 10.6 Å². The molecule has 2 bridgehead atoms. The molecule has 1 heterocycles. The summed E-state index contributed by atoms with van der Waals surface area (Å²) in [5.74, 6) is 2.86. The Morgan fingerprint density at radius 2 is 1.92 bits per heavy atom. The summed E-state index contributed by atoms with van der Waals surface area (Å²) in [5.41, 5.74) is 4.79. The molecule has 3 heteroatoms. The van der Waals surface area contributed by atoms with Crippen molar-refractivity contribution >= 4 is 11.6 Å². The van der Waals surface area contributed by atoms with Crippen LogP contribution in [-0.4, -0.2) is 12.5 Å². The zero-order chi connectivity index (χ0) is 17.7. The fourth-order valence-corrected chi connectivity index (χ4v) is 5.88. The summed E-state index contributed by atoms with van der Waals surface area (Å²) in [6, 6.07) is 17.5. The van der Waals surface area contributed by atoms with E-state index in [2.05, 4.69) is 53.1 Å². The predicted molar refractivity (Wildman–Crippen MR) is 104 cm³/mol. The minimum Gasteiger partial charge on any atom is -0.378 e. The maximum Gasteiger partial charge on any atom is 0.251 e. The fourth-order valence-electron chi connectivity index (χ4n) is 5.88. The molecule has 2 N–H and O–H groups in total. The number of amides is 1. The zero-order valence-corrected chi connectivity index (χ0v) is 15.2. The van der Waals surface area contributed by atoms with Crippen LogP contribution in [0.15, 0.2) is 48.5 Å². The Balaban J connectivity index is 1.58. The van der Waals surface area contributed by atoms with Gasteiger partial charge in [-0.05, 0) is 79.2 Å². The first-order valence-corrected chi connectivity index (χ1v) is 10.00. The van der Waals surface area contributed by atoms with Crippen LogP contribution in [-0.2, 0) is 0 Å². The maximum absolute atomic E-state index is 12.3. The van der Waals surface area contributed by atoms with Crippen LogP contribution in [0.2, 0.25) is 0 Å². The first kappa shape index (κ1) is 15.9. The number of carbonyl (C=O) groups excluding carboxylic acids is 1. The standard InChI is InChI=1S/C23H26N2O/c1-2-24-23(26)17-10-11-19-18(13-17)20-15-8-9-16(12-15)21(20)22(25-19)14-6-4-3-5-7-14/h3-7,10-11,13,15-16,20-22,25H,2,8-9,12H2,1H3,(H,24,26)/t15-,16-,20-,21-,22-/m0/s1. The van der Waals surface area contributed by atoms with Crippen molar-refractivity contribution in [1.29, 1.82) is 0 Å². The van der Waals surface area contributed by atoms with E-state index in [1.54, 1.807) is 0 Å². The van der Waals surface area contributed by atoms with Crippen LogP contribution in [0.5, 0.6) is 0 Å². The van der Waals surface area contributed by atoms with Crippen molar-refractivity contribution in [3.05, 3.63) is 65.2 Å². The van der Waals surface area contributed by atoms with Crippen molar-refractivity contribution in [1.82, 2.24) is 5.32 Å². The first-order chi connectivity index (χ1) is 12.8. The quantitative estimate of drug-likeness (QED) is 0.843. The minimum atomic E-state index is 0.0418. The van der Waals surface area contributed by atoms with Gasteiger partial charge in [0, 0.05) is 17.8 Å². The summed E-state index contributed by atoms with van der Waals surface area (Å²) in [5, 5.41) is 6.77. The van der Waals surface area contributed by atoms with E-state index in [4.69, 9.17) is 0 Å². The second kappa shape index (κ2) is 6.15. The fraction of sp³-hybridized carbons (Fsp3) is 0.435. The molecule has 2 aliphatic carbocycles. The van der Waals surface area contributed by atoms with Crippen LogP contribution in [0.1, 0.15) is 59.6 Å². The zero-order valence-electron chi connectivity index (χ0n) is 15.2. The highest BCUT2D eigenvalue weighted by Crippen LogP contribution is 2.63. The van der Waals surface area contributed by atoms with Gasteiger partial charge in [0.15, 0.2) is 0 Å². The lowest BCUT2D eigenvalue weighted by Crippen LogP contribution is -2.35. The third-order valence-corrected chi connectivity index (χ3v) is 6.85. The number of rotatable bonds is 3. The molecule has 5 atom stereocenters. The molecule has 0 saturated heterocycles. The first-order valence-electron chi connectivity index (χ1n) is 10.00. The number of benzene rings is 2. The molecule has 0 aromatic heterocycles. The van der Waals surface area contributed by atoms with E-state index in [0.717, 1.165) is 17.4 Å². The number of fused-ring (bicyclic) bond motifs is 7.